The Labute approximate surface area is 116 Å². The minimum absolute atomic E-state index is 0.317. The molecule has 0 amide bonds. The second kappa shape index (κ2) is 5.39. The van der Waals surface area contributed by atoms with Crippen LogP contribution in [0.1, 0.15) is 11.1 Å². The Hall–Kier alpha value is -2.56. The number of anilines is 2. The number of halogens is 1. The Kier molecular flexibility index (Phi) is 3.66. The normalized spacial score (nSPS) is 9.47. The van der Waals surface area contributed by atoms with Crippen molar-refractivity contribution in [3.05, 3.63) is 52.7 Å². The van der Waals surface area contributed by atoms with Crippen molar-refractivity contribution >= 4 is 23.1 Å². The molecule has 1 heterocycles. The summed E-state index contributed by atoms with van der Waals surface area (Å²) < 4.78 is 0. The van der Waals surface area contributed by atoms with Crippen molar-refractivity contribution in [2.45, 2.75) is 0 Å². The first-order valence-corrected chi connectivity index (χ1v) is 5.83. The van der Waals surface area contributed by atoms with E-state index in [1.807, 2.05) is 6.07 Å². The number of rotatable bonds is 2. The van der Waals surface area contributed by atoms with Crippen LogP contribution in [0.25, 0.3) is 0 Å². The molecule has 1 aromatic heterocycles. The molecular weight excluding hydrogens is 260 g/mol. The van der Waals surface area contributed by atoms with Crippen LogP contribution >= 0.6 is 11.6 Å². The quantitative estimate of drug-likeness (QED) is 0.839. The van der Waals surface area contributed by atoms with Crippen LogP contribution in [-0.4, -0.2) is 12.0 Å². The van der Waals surface area contributed by atoms with E-state index in [1.165, 1.54) is 0 Å². The molecule has 0 saturated carbocycles. The van der Waals surface area contributed by atoms with Gasteiger partial charge in [0.1, 0.15) is 11.1 Å². The van der Waals surface area contributed by atoms with Crippen molar-refractivity contribution in [1.82, 2.24) is 4.98 Å². The predicted octanol–water partition coefficient (Wildman–Crippen LogP) is 3.25. The first-order chi connectivity index (χ1) is 9.17. The van der Waals surface area contributed by atoms with Crippen LogP contribution in [0.4, 0.5) is 11.5 Å². The lowest BCUT2D eigenvalue weighted by atomic mass is 10.2. The monoisotopic (exact) mass is 268 g/mol. The van der Waals surface area contributed by atoms with Gasteiger partial charge in [-0.2, -0.15) is 10.5 Å². The van der Waals surface area contributed by atoms with Gasteiger partial charge in [0.15, 0.2) is 5.82 Å². The minimum Gasteiger partial charge on any atom is -0.328 e. The van der Waals surface area contributed by atoms with Gasteiger partial charge in [-0.1, -0.05) is 11.6 Å². The maximum absolute atomic E-state index is 8.95. The molecule has 0 atom stereocenters. The summed E-state index contributed by atoms with van der Waals surface area (Å²) in [4.78, 5) is 5.95. The number of aromatic nitrogens is 1. The summed E-state index contributed by atoms with van der Waals surface area (Å²) in [7, 11) is 1.80. The molecule has 0 unspecified atom stereocenters. The molecule has 1 aromatic carbocycles. The fourth-order valence-corrected chi connectivity index (χ4v) is 1.92. The summed E-state index contributed by atoms with van der Waals surface area (Å²) in [6, 6.07) is 12.7. The lowest BCUT2D eigenvalue weighted by Crippen LogP contribution is -2.12. The zero-order chi connectivity index (χ0) is 13.8. The fraction of sp³-hybridized carbons (Fsp3) is 0.0714. The molecule has 0 N–H and O–H groups in total. The van der Waals surface area contributed by atoms with E-state index in [9.17, 15) is 0 Å². The van der Waals surface area contributed by atoms with Gasteiger partial charge in [-0.05, 0) is 30.3 Å². The molecule has 0 aliphatic rings. The summed E-state index contributed by atoms with van der Waals surface area (Å²) in [6.07, 6.45) is 1.54. The van der Waals surface area contributed by atoms with E-state index < -0.39 is 0 Å². The molecule has 2 rings (SSSR count). The van der Waals surface area contributed by atoms with Gasteiger partial charge >= 0.3 is 0 Å². The smallest absolute Gasteiger partial charge is 0.152 e. The van der Waals surface area contributed by atoms with Crippen LogP contribution < -0.4 is 4.90 Å². The van der Waals surface area contributed by atoms with Crippen LogP contribution in [0.15, 0.2) is 36.5 Å². The molecule has 0 aliphatic heterocycles. The highest BCUT2D eigenvalue weighted by Crippen LogP contribution is 2.30. The van der Waals surface area contributed by atoms with Gasteiger partial charge in [-0.3, -0.25) is 0 Å². The van der Waals surface area contributed by atoms with Gasteiger partial charge in [0.05, 0.1) is 17.2 Å². The SMILES string of the molecule is CN(c1ccc(C#N)cc1)c1nccc(C#N)c1Cl. The van der Waals surface area contributed by atoms with E-state index in [4.69, 9.17) is 22.1 Å². The van der Waals surface area contributed by atoms with E-state index in [2.05, 4.69) is 11.1 Å². The lowest BCUT2D eigenvalue weighted by Gasteiger charge is -2.19. The van der Waals surface area contributed by atoms with Gasteiger partial charge in [-0.25, -0.2) is 4.98 Å². The number of hydrogen-bond donors (Lipinski definition) is 0. The number of hydrogen-bond acceptors (Lipinski definition) is 4. The van der Waals surface area contributed by atoms with E-state index >= 15 is 0 Å². The lowest BCUT2D eigenvalue weighted by molar-refractivity contribution is 1.12. The first kappa shape index (κ1) is 12.9. The topological polar surface area (TPSA) is 63.7 Å². The van der Waals surface area contributed by atoms with Gasteiger partial charge in [0, 0.05) is 18.9 Å². The third-order valence-electron chi connectivity index (χ3n) is 2.69. The minimum atomic E-state index is 0.317. The van der Waals surface area contributed by atoms with Crippen molar-refractivity contribution in [1.29, 1.82) is 10.5 Å². The third kappa shape index (κ3) is 2.49. The van der Waals surface area contributed by atoms with Gasteiger partial charge in [-0.15, -0.1) is 0 Å². The van der Waals surface area contributed by atoms with Crippen LogP contribution in [0, 0.1) is 22.7 Å². The molecule has 0 saturated heterocycles. The van der Waals surface area contributed by atoms with E-state index in [-0.39, 0.29) is 0 Å². The Morgan fingerprint density at radius 3 is 2.37 bits per heavy atom. The number of pyridine rings is 1. The molecule has 0 fully saturated rings. The summed E-state index contributed by atoms with van der Waals surface area (Å²) >= 11 is 6.13. The standard InChI is InChI=1S/C14H9ClN4/c1-19(12-4-2-10(8-16)3-5-12)14-13(15)11(9-17)6-7-18-14/h2-7H,1H3. The summed E-state index contributed by atoms with van der Waals surface area (Å²) in [5.74, 6) is 0.505. The summed E-state index contributed by atoms with van der Waals surface area (Å²) in [5.41, 5.74) is 1.80. The molecule has 5 heteroatoms. The third-order valence-corrected chi connectivity index (χ3v) is 3.07. The molecule has 4 nitrogen and oxygen atoms in total. The summed E-state index contributed by atoms with van der Waals surface area (Å²) in [5, 5.41) is 18.0. The first-order valence-electron chi connectivity index (χ1n) is 5.46. The van der Waals surface area contributed by atoms with Crippen molar-refractivity contribution < 1.29 is 0 Å². The van der Waals surface area contributed by atoms with Crippen LogP contribution in [0.2, 0.25) is 5.02 Å². The molecule has 0 aliphatic carbocycles. The molecule has 2 aromatic rings. The molecule has 0 spiro atoms. The van der Waals surface area contributed by atoms with Gasteiger partial charge in [0.2, 0.25) is 0 Å². The second-order valence-electron chi connectivity index (χ2n) is 3.83. The fourth-order valence-electron chi connectivity index (χ4n) is 1.63. The highest BCUT2D eigenvalue weighted by atomic mass is 35.5. The van der Waals surface area contributed by atoms with Crippen molar-refractivity contribution in [3.63, 3.8) is 0 Å². The van der Waals surface area contributed by atoms with E-state index in [0.29, 0.717) is 22.0 Å². The highest BCUT2D eigenvalue weighted by molar-refractivity contribution is 6.34. The Bertz CT molecular complexity index is 680. The maximum atomic E-state index is 8.95. The van der Waals surface area contributed by atoms with E-state index in [0.717, 1.165) is 5.69 Å². The van der Waals surface area contributed by atoms with Crippen molar-refractivity contribution in [2.75, 3.05) is 11.9 Å². The summed E-state index contributed by atoms with van der Waals surface area (Å²) in [6.45, 7) is 0. The number of nitrogens with zero attached hydrogens (tertiary/aromatic N) is 4. The van der Waals surface area contributed by atoms with E-state index in [1.54, 1.807) is 48.5 Å². The van der Waals surface area contributed by atoms with Crippen LogP contribution in [0.5, 0.6) is 0 Å². The van der Waals surface area contributed by atoms with Gasteiger partial charge in [0.25, 0.3) is 0 Å². The number of nitriles is 2. The average Bonchev–Trinajstić information content (AvgIpc) is 2.47. The highest BCUT2D eigenvalue weighted by Gasteiger charge is 2.12. The molecule has 0 radical (unpaired) electrons. The zero-order valence-corrected chi connectivity index (χ0v) is 10.9. The second-order valence-corrected chi connectivity index (χ2v) is 4.20. The average molecular weight is 269 g/mol. The molecule has 92 valence electrons. The van der Waals surface area contributed by atoms with Gasteiger partial charge < -0.3 is 4.90 Å². The van der Waals surface area contributed by atoms with Crippen molar-refractivity contribution in [3.8, 4) is 12.1 Å². The Morgan fingerprint density at radius 1 is 1.11 bits per heavy atom. The molecular formula is C14H9ClN4. The zero-order valence-electron chi connectivity index (χ0n) is 10.1. The molecule has 0 bridgehead atoms. The maximum Gasteiger partial charge on any atom is 0.152 e. The Morgan fingerprint density at radius 2 is 1.79 bits per heavy atom. The Balaban J connectivity index is 2.42. The molecule has 19 heavy (non-hydrogen) atoms. The van der Waals surface area contributed by atoms with Crippen LogP contribution in [-0.2, 0) is 0 Å². The largest absolute Gasteiger partial charge is 0.328 e. The number of benzene rings is 1. The van der Waals surface area contributed by atoms with Crippen LogP contribution in [0.3, 0.4) is 0 Å². The van der Waals surface area contributed by atoms with Crippen molar-refractivity contribution in [2.24, 2.45) is 0 Å². The predicted molar refractivity (Wildman–Crippen MR) is 73.2 cm³/mol.